The van der Waals surface area contributed by atoms with Crippen molar-refractivity contribution in [3.8, 4) is 0 Å². The summed E-state index contributed by atoms with van der Waals surface area (Å²) in [4.78, 5) is 22.9. The van der Waals surface area contributed by atoms with Crippen LogP contribution in [-0.2, 0) is 14.3 Å². The fourth-order valence-corrected chi connectivity index (χ4v) is 3.16. The summed E-state index contributed by atoms with van der Waals surface area (Å²) < 4.78 is 4.72. The number of fused-ring (bicyclic) bond motifs is 3. The Labute approximate surface area is 88.6 Å². The third-order valence-corrected chi connectivity index (χ3v) is 4.15. The number of esters is 1. The van der Waals surface area contributed by atoms with Gasteiger partial charge in [-0.1, -0.05) is 0 Å². The van der Waals surface area contributed by atoms with E-state index in [1.54, 1.807) is 0 Å². The van der Waals surface area contributed by atoms with Crippen LogP contribution in [0.25, 0.3) is 0 Å². The highest BCUT2D eigenvalue weighted by Gasteiger charge is 2.56. The molecule has 3 aliphatic carbocycles. The Morgan fingerprint density at radius 3 is 2.40 bits per heavy atom. The van der Waals surface area contributed by atoms with Crippen molar-refractivity contribution in [3.05, 3.63) is 0 Å². The van der Waals surface area contributed by atoms with Crippen LogP contribution in [0.4, 0.5) is 0 Å². The molecule has 3 saturated carbocycles. The quantitative estimate of drug-likeness (QED) is 0.703. The normalized spacial score (nSPS) is 38.7. The first kappa shape index (κ1) is 10.5. The molecule has 84 valence electrons. The van der Waals surface area contributed by atoms with Gasteiger partial charge in [0, 0.05) is 0 Å². The number of methoxy groups -OCH3 is 1. The minimum atomic E-state index is -0.832. The summed E-state index contributed by atoms with van der Waals surface area (Å²) in [6.45, 7) is 0. The number of ether oxygens (including phenoxy) is 1. The fraction of sp³-hybridized carbons (Fsp3) is 0.818. The van der Waals surface area contributed by atoms with Gasteiger partial charge >= 0.3 is 11.9 Å². The van der Waals surface area contributed by atoms with Gasteiger partial charge in [0.1, 0.15) is 0 Å². The highest BCUT2D eigenvalue weighted by atomic mass is 16.5. The zero-order chi connectivity index (χ0) is 11.1. The van der Waals surface area contributed by atoms with E-state index in [0.29, 0.717) is 25.2 Å². The number of aliphatic carboxylic acids is 1. The lowest BCUT2D eigenvalue weighted by molar-refractivity contribution is -0.175. The minimum absolute atomic E-state index is 0.346. The maximum Gasteiger partial charge on any atom is 0.310 e. The van der Waals surface area contributed by atoms with Crippen LogP contribution in [0.3, 0.4) is 0 Å². The maximum absolute atomic E-state index is 11.6. The van der Waals surface area contributed by atoms with Crippen LogP contribution in [0, 0.1) is 17.3 Å². The molecule has 0 aliphatic heterocycles. The summed E-state index contributed by atoms with van der Waals surface area (Å²) in [5.41, 5.74) is -0.832. The van der Waals surface area contributed by atoms with Crippen molar-refractivity contribution < 1.29 is 19.4 Å². The lowest BCUT2D eigenvalue weighted by Gasteiger charge is -2.47. The smallest absolute Gasteiger partial charge is 0.310 e. The van der Waals surface area contributed by atoms with Crippen LogP contribution >= 0.6 is 0 Å². The first-order valence-corrected chi connectivity index (χ1v) is 5.41. The summed E-state index contributed by atoms with van der Waals surface area (Å²) in [7, 11) is 1.33. The number of hydrogen-bond donors (Lipinski definition) is 1. The monoisotopic (exact) mass is 212 g/mol. The molecule has 0 amide bonds. The molecule has 1 atom stereocenters. The molecule has 3 rings (SSSR count). The Balaban J connectivity index is 2.29. The van der Waals surface area contributed by atoms with Crippen molar-refractivity contribution in [1.82, 2.24) is 0 Å². The van der Waals surface area contributed by atoms with Crippen LogP contribution in [0.15, 0.2) is 0 Å². The predicted molar refractivity (Wildman–Crippen MR) is 52.1 cm³/mol. The van der Waals surface area contributed by atoms with Crippen molar-refractivity contribution in [2.24, 2.45) is 17.3 Å². The largest absolute Gasteiger partial charge is 0.481 e. The Morgan fingerprint density at radius 1 is 1.33 bits per heavy atom. The summed E-state index contributed by atoms with van der Waals surface area (Å²) >= 11 is 0. The molecule has 0 aromatic rings. The highest BCUT2D eigenvalue weighted by Crippen LogP contribution is 2.54. The van der Waals surface area contributed by atoms with Crippen LogP contribution in [0.5, 0.6) is 0 Å². The average molecular weight is 212 g/mol. The Bertz CT molecular complexity index is 289. The highest BCUT2D eigenvalue weighted by molar-refractivity contribution is 5.85. The fourth-order valence-electron chi connectivity index (χ4n) is 3.16. The van der Waals surface area contributed by atoms with Gasteiger partial charge < -0.3 is 9.84 Å². The van der Waals surface area contributed by atoms with Gasteiger partial charge in [-0.05, 0) is 38.0 Å². The standard InChI is InChI=1S/C11H16O4/c1-15-9(12)8-6-7-2-4-11(8,5-3-7)10(13)14/h7-8H,2-6H2,1H3,(H,13,14). The molecular weight excluding hydrogens is 196 g/mol. The van der Waals surface area contributed by atoms with Crippen molar-refractivity contribution in [2.75, 3.05) is 7.11 Å². The second kappa shape index (κ2) is 3.51. The van der Waals surface area contributed by atoms with Gasteiger partial charge in [0.05, 0.1) is 18.4 Å². The van der Waals surface area contributed by atoms with E-state index in [-0.39, 0.29) is 5.97 Å². The van der Waals surface area contributed by atoms with Crippen LogP contribution in [-0.4, -0.2) is 24.2 Å². The Morgan fingerprint density at radius 2 is 1.93 bits per heavy atom. The molecule has 1 unspecified atom stereocenters. The number of carbonyl (C=O) groups excluding carboxylic acids is 1. The van der Waals surface area contributed by atoms with Gasteiger partial charge in [0.15, 0.2) is 0 Å². The molecule has 0 radical (unpaired) electrons. The average Bonchev–Trinajstić information content (AvgIpc) is 2.29. The molecule has 2 bridgehead atoms. The van der Waals surface area contributed by atoms with Gasteiger partial charge in [0.2, 0.25) is 0 Å². The van der Waals surface area contributed by atoms with Crippen molar-refractivity contribution in [1.29, 1.82) is 0 Å². The predicted octanol–water partition coefficient (Wildman–Crippen LogP) is 1.44. The lowest BCUT2D eigenvalue weighted by atomic mass is 9.55. The molecule has 4 nitrogen and oxygen atoms in total. The molecule has 0 heterocycles. The van der Waals surface area contributed by atoms with Crippen molar-refractivity contribution >= 4 is 11.9 Å². The van der Waals surface area contributed by atoms with Gasteiger partial charge in [0.25, 0.3) is 0 Å². The molecule has 0 spiro atoms. The number of carboxylic acid groups (broad SMARTS) is 1. The molecule has 3 fully saturated rings. The van der Waals surface area contributed by atoms with Crippen molar-refractivity contribution in [2.45, 2.75) is 32.1 Å². The lowest BCUT2D eigenvalue weighted by Crippen LogP contribution is -2.50. The topological polar surface area (TPSA) is 63.6 Å². The van der Waals surface area contributed by atoms with Gasteiger partial charge in [-0.25, -0.2) is 0 Å². The Kier molecular flexibility index (Phi) is 2.44. The number of carbonyl (C=O) groups is 2. The number of rotatable bonds is 2. The van der Waals surface area contributed by atoms with Crippen LogP contribution in [0.2, 0.25) is 0 Å². The molecule has 0 aromatic heterocycles. The molecular formula is C11H16O4. The molecule has 4 heteroatoms. The zero-order valence-electron chi connectivity index (χ0n) is 8.86. The van der Waals surface area contributed by atoms with E-state index in [1.165, 1.54) is 7.11 Å². The number of carboxylic acids is 1. The summed E-state index contributed by atoms with van der Waals surface area (Å²) in [5, 5.41) is 9.32. The third-order valence-electron chi connectivity index (χ3n) is 4.15. The first-order valence-electron chi connectivity index (χ1n) is 5.41. The van der Waals surface area contributed by atoms with E-state index < -0.39 is 17.3 Å². The molecule has 0 aromatic carbocycles. The van der Waals surface area contributed by atoms with E-state index in [1.807, 2.05) is 0 Å². The van der Waals surface area contributed by atoms with E-state index in [0.717, 1.165) is 12.8 Å². The van der Waals surface area contributed by atoms with Crippen molar-refractivity contribution in [3.63, 3.8) is 0 Å². The second-order valence-electron chi connectivity index (χ2n) is 4.72. The van der Waals surface area contributed by atoms with Crippen LogP contribution in [0.1, 0.15) is 32.1 Å². The zero-order valence-corrected chi connectivity index (χ0v) is 8.86. The second-order valence-corrected chi connectivity index (χ2v) is 4.72. The van der Waals surface area contributed by atoms with E-state index in [2.05, 4.69) is 0 Å². The molecule has 3 aliphatic rings. The molecule has 1 N–H and O–H groups in total. The third kappa shape index (κ3) is 1.43. The summed E-state index contributed by atoms with van der Waals surface area (Å²) in [6.07, 6.45) is 3.85. The number of hydrogen-bond acceptors (Lipinski definition) is 3. The Hall–Kier alpha value is -1.06. The maximum atomic E-state index is 11.6. The minimum Gasteiger partial charge on any atom is -0.481 e. The van der Waals surface area contributed by atoms with E-state index >= 15 is 0 Å². The summed E-state index contributed by atoms with van der Waals surface area (Å²) in [6, 6.07) is 0. The summed E-state index contributed by atoms with van der Waals surface area (Å²) in [5.74, 6) is -1.07. The van der Waals surface area contributed by atoms with E-state index in [4.69, 9.17) is 4.74 Å². The first-order chi connectivity index (χ1) is 7.10. The van der Waals surface area contributed by atoms with Gasteiger partial charge in [-0.2, -0.15) is 0 Å². The van der Waals surface area contributed by atoms with Crippen LogP contribution < -0.4 is 0 Å². The SMILES string of the molecule is COC(=O)C1CC2CCC1(C(=O)O)CC2. The molecule has 15 heavy (non-hydrogen) atoms. The van der Waals surface area contributed by atoms with Gasteiger partial charge in [-0.3, -0.25) is 9.59 Å². The van der Waals surface area contributed by atoms with E-state index in [9.17, 15) is 14.7 Å². The molecule has 0 saturated heterocycles. The van der Waals surface area contributed by atoms with Gasteiger partial charge in [-0.15, -0.1) is 0 Å².